The first-order valence-corrected chi connectivity index (χ1v) is 9.50. The van der Waals surface area contributed by atoms with Gasteiger partial charge in [0, 0.05) is 5.92 Å². The van der Waals surface area contributed by atoms with Gasteiger partial charge in [0.2, 0.25) is 0 Å². The van der Waals surface area contributed by atoms with E-state index in [4.69, 9.17) is 4.74 Å². The number of carbonyl (C=O) groups is 1. The minimum absolute atomic E-state index is 0.0382. The van der Waals surface area contributed by atoms with Gasteiger partial charge in [-0.3, -0.25) is 0 Å². The second-order valence-electron chi connectivity index (χ2n) is 7.95. The molecule has 132 valence electrons. The molecule has 24 heavy (non-hydrogen) atoms. The molecule has 3 heteroatoms. The number of hydrogen-bond acceptors (Lipinski definition) is 3. The molecule has 2 fully saturated rings. The molecule has 0 saturated heterocycles. The zero-order valence-corrected chi connectivity index (χ0v) is 14.9. The molecule has 0 aromatic heterocycles. The van der Waals surface area contributed by atoms with Gasteiger partial charge in [-0.2, -0.15) is 0 Å². The van der Waals surface area contributed by atoms with Crippen LogP contribution in [0.25, 0.3) is 0 Å². The number of benzene rings is 1. The molecule has 0 radical (unpaired) electrons. The second-order valence-corrected chi connectivity index (χ2v) is 7.95. The van der Waals surface area contributed by atoms with Crippen molar-refractivity contribution in [3.63, 3.8) is 0 Å². The molecule has 2 unspecified atom stereocenters. The van der Waals surface area contributed by atoms with E-state index < -0.39 is 11.6 Å². The Morgan fingerprint density at radius 2 is 1.75 bits per heavy atom. The first kappa shape index (κ1) is 17.5. The van der Waals surface area contributed by atoms with Crippen LogP contribution in [0.4, 0.5) is 0 Å². The van der Waals surface area contributed by atoms with Gasteiger partial charge < -0.3 is 9.84 Å². The largest absolute Gasteiger partial charge is 0.460 e. The molecule has 0 heterocycles. The first-order chi connectivity index (χ1) is 11.5. The summed E-state index contributed by atoms with van der Waals surface area (Å²) in [5.41, 5.74) is -0.823. The van der Waals surface area contributed by atoms with Crippen LogP contribution in [0.5, 0.6) is 0 Å². The molecule has 0 amide bonds. The Balaban J connectivity index is 1.84. The Labute approximate surface area is 145 Å². The summed E-state index contributed by atoms with van der Waals surface area (Å²) < 4.78 is 5.92. The highest BCUT2D eigenvalue weighted by Gasteiger charge is 2.49. The van der Waals surface area contributed by atoms with E-state index in [1.165, 1.54) is 6.42 Å². The number of esters is 1. The predicted octanol–water partition coefficient (Wildman–Crippen LogP) is 4.43. The highest BCUT2D eigenvalue weighted by molar-refractivity contribution is 5.81. The fourth-order valence-corrected chi connectivity index (χ4v) is 4.43. The van der Waals surface area contributed by atoms with Crippen LogP contribution in [-0.2, 0) is 15.1 Å². The molecular formula is C21H30O3. The maximum Gasteiger partial charge on any atom is 0.343 e. The summed E-state index contributed by atoms with van der Waals surface area (Å²) >= 11 is 0. The fraction of sp³-hybridized carbons (Fsp3) is 0.667. The molecule has 4 atom stereocenters. The summed E-state index contributed by atoms with van der Waals surface area (Å²) in [5.74, 6) is 0.472. The van der Waals surface area contributed by atoms with Gasteiger partial charge in [0.05, 0.1) is 0 Å². The summed E-state index contributed by atoms with van der Waals surface area (Å²) in [4.78, 5) is 13.1. The van der Waals surface area contributed by atoms with Gasteiger partial charge in [0.25, 0.3) is 0 Å². The normalized spacial score (nSPS) is 30.7. The first-order valence-electron chi connectivity index (χ1n) is 9.50. The van der Waals surface area contributed by atoms with Crippen molar-refractivity contribution in [2.45, 2.75) is 70.5 Å². The Morgan fingerprint density at radius 3 is 2.42 bits per heavy atom. The Kier molecular flexibility index (Phi) is 5.29. The molecule has 1 aromatic rings. The summed E-state index contributed by atoms with van der Waals surface area (Å²) in [6.07, 6.45) is 7.04. The smallest absolute Gasteiger partial charge is 0.343 e. The molecule has 2 aliphatic carbocycles. The van der Waals surface area contributed by atoms with E-state index in [2.05, 4.69) is 13.8 Å². The van der Waals surface area contributed by atoms with Crippen molar-refractivity contribution < 1.29 is 14.6 Å². The maximum atomic E-state index is 13.1. The summed E-state index contributed by atoms with van der Waals surface area (Å²) in [6.45, 7) is 4.37. The SMILES string of the molecule is CC1CCC(C)[C@H](OC(=O)[C@](O)(c2ccccc2)C2CCCC2)C1. The van der Waals surface area contributed by atoms with Gasteiger partial charge in [-0.05, 0) is 43.1 Å². The molecule has 2 saturated carbocycles. The van der Waals surface area contributed by atoms with Crippen LogP contribution >= 0.6 is 0 Å². The third kappa shape index (κ3) is 3.37. The molecule has 0 spiro atoms. The van der Waals surface area contributed by atoms with Crippen LogP contribution in [-0.4, -0.2) is 17.2 Å². The molecular weight excluding hydrogens is 300 g/mol. The van der Waals surface area contributed by atoms with Gasteiger partial charge in [0.15, 0.2) is 5.60 Å². The van der Waals surface area contributed by atoms with E-state index in [0.29, 0.717) is 17.4 Å². The number of carbonyl (C=O) groups excluding carboxylic acids is 1. The lowest BCUT2D eigenvalue weighted by molar-refractivity contribution is -0.184. The van der Waals surface area contributed by atoms with Crippen molar-refractivity contribution in [2.75, 3.05) is 0 Å². The van der Waals surface area contributed by atoms with Gasteiger partial charge >= 0.3 is 5.97 Å². The average molecular weight is 330 g/mol. The number of rotatable bonds is 4. The standard InChI is InChI=1S/C21H30O3/c1-15-12-13-16(2)19(14-15)24-20(22)21(23,18-10-6-7-11-18)17-8-4-3-5-9-17/h3-5,8-9,15-16,18-19,23H,6-7,10-14H2,1-2H3/t15?,16?,19-,21+/m1/s1. The number of hydrogen-bond donors (Lipinski definition) is 1. The highest BCUT2D eigenvalue weighted by Crippen LogP contribution is 2.42. The minimum Gasteiger partial charge on any atom is -0.460 e. The summed E-state index contributed by atoms with van der Waals surface area (Å²) in [5, 5.41) is 11.5. The van der Waals surface area contributed by atoms with Crippen molar-refractivity contribution >= 4 is 5.97 Å². The third-order valence-corrected chi connectivity index (χ3v) is 6.11. The zero-order valence-electron chi connectivity index (χ0n) is 14.9. The lowest BCUT2D eigenvalue weighted by atomic mass is 9.79. The Bertz CT molecular complexity index is 549. The fourth-order valence-electron chi connectivity index (χ4n) is 4.43. The van der Waals surface area contributed by atoms with Crippen LogP contribution in [0, 0.1) is 17.8 Å². The van der Waals surface area contributed by atoms with E-state index >= 15 is 0 Å². The molecule has 3 nitrogen and oxygen atoms in total. The van der Waals surface area contributed by atoms with Gasteiger partial charge in [0.1, 0.15) is 6.10 Å². The Hall–Kier alpha value is -1.35. The van der Waals surface area contributed by atoms with E-state index in [9.17, 15) is 9.90 Å². The highest BCUT2D eigenvalue weighted by atomic mass is 16.6. The lowest BCUT2D eigenvalue weighted by Crippen LogP contribution is -2.46. The number of ether oxygens (including phenoxy) is 1. The van der Waals surface area contributed by atoms with Crippen LogP contribution in [0.2, 0.25) is 0 Å². The van der Waals surface area contributed by atoms with Crippen molar-refractivity contribution in [3.8, 4) is 0 Å². The van der Waals surface area contributed by atoms with E-state index in [-0.39, 0.29) is 12.0 Å². The van der Waals surface area contributed by atoms with Crippen LogP contribution in [0.1, 0.15) is 64.4 Å². The van der Waals surface area contributed by atoms with Crippen molar-refractivity contribution in [1.82, 2.24) is 0 Å². The monoisotopic (exact) mass is 330 g/mol. The van der Waals surface area contributed by atoms with Gasteiger partial charge in [-0.25, -0.2) is 4.79 Å². The van der Waals surface area contributed by atoms with Gasteiger partial charge in [-0.15, -0.1) is 0 Å². The number of aliphatic hydroxyl groups is 1. The molecule has 2 aliphatic rings. The van der Waals surface area contributed by atoms with E-state index in [1.807, 2.05) is 30.3 Å². The minimum atomic E-state index is -1.50. The molecule has 1 N–H and O–H groups in total. The van der Waals surface area contributed by atoms with Crippen LogP contribution in [0.15, 0.2) is 30.3 Å². The van der Waals surface area contributed by atoms with Crippen LogP contribution in [0.3, 0.4) is 0 Å². The van der Waals surface area contributed by atoms with E-state index in [0.717, 1.165) is 38.5 Å². The van der Waals surface area contributed by atoms with Crippen molar-refractivity contribution in [3.05, 3.63) is 35.9 Å². The lowest BCUT2D eigenvalue weighted by Gasteiger charge is -2.37. The van der Waals surface area contributed by atoms with Crippen LogP contribution < -0.4 is 0 Å². The quantitative estimate of drug-likeness (QED) is 0.831. The van der Waals surface area contributed by atoms with Gasteiger partial charge in [-0.1, -0.05) is 63.4 Å². The third-order valence-electron chi connectivity index (χ3n) is 6.11. The molecule has 0 bridgehead atoms. The zero-order chi connectivity index (χ0) is 17.2. The molecule has 0 aliphatic heterocycles. The summed E-state index contributed by atoms with van der Waals surface area (Å²) in [6, 6.07) is 9.38. The molecule has 1 aromatic carbocycles. The topological polar surface area (TPSA) is 46.5 Å². The average Bonchev–Trinajstić information content (AvgIpc) is 3.13. The second kappa shape index (κ2) is 7.26. The van der Waals surface area contributed by atoms with Crippen molar-refractivity contribution in [2.24, 2.45) is 17.8 Å². The van der Waals surface area contributed by atoms with Crippen molar-refractivity contribution in [1.29, 1.82) is 0 Å². The molecule has 3 rings (SSSR count). The predicted molar refractivity (Wildman–Crippen MR) is 94.4 cm³/mol. The maximum absolute atomic E-state index is 13.1. The summed E-state index contributed by atoms with van der Waals surface area (Å²) in [7, 11) is 0. The van der Waals surface area contributed by atoms with E-state index in [1.54, 1.807) is 0 Å². The Morgan fingerprint density at radius 1 is 1.08 bits per heavy atom.